The summed E-state index contributed by atoms with van der Waals surface area (Å²) >= 11 is 2.51. The van der Waals surface area contributed by atoms with Crippen LogP contribution in [0, 0.1) is 65.1 Å². The van der Waals surface area contributed by atoms with E-state index in [9.17, 15) is 0 Å². The van der Waals surface area contributed by atoms with Crippen LogP contribution < -0.4 is 0 Å². The Balaban J connectivity index is 1.16. The molecule has 37 heavy (non-hydrogen) atoms. The molecule has 6 aliphatic carbocycles. The molecule has 0 N–H and O–H groups in total. The lowest BCUT2D eigenvalue weighted by atomic mass is 9.57. The average molecular weight is 541 g/mol. The van der Waals surface area contributed by atoms with E-state index in [1.54, 1.807) is 83.5 Å². The standard InChI is InChI=1S/C35H60SSi/c1-21-20-30-27(26-16-10-13-24-12-6-7-14-25(24)26)17-11-18-28(30)34(21)37(4,5)35-23(3)22(2)33-32(35)29-15-8-9-19-31(29)36-33/h21-35H,6-20H2,1-5H3. The number of thioether (sulfide) groups is 1. The van der Waals surface area contributed by atoms with Crippen molar-refractivity contribution >= 4 is 19.8 Å². The van der Waals surface area contributed by atoms with Gasteiger partial charge < -0.3 is 0 Å². The van der Waals surface area contributed by atoms with Crippen LogP contribution >= 0.6 is 11.8 Å². The Morgan fingerprint density at radius 3 is 1.95 bits per heavy atom. The summed E-state index contributed by atoms with van der Waals surface area (Å²) in [4.78, 5) is 0. The summed E-state index contributed by atoms with van der Waals surface area (Å²) in [5, 5.41) is 2.05. The molecule has 7 aliphatic rings. The molecule has 15 unspecified atom stereocenters. The fourth-order valence-corrected chi connectivity index (χ4v) is 23.1. The molecule has 0 bridgehead atoms. The first-order valence-electron chi connectivity index (χ1n) is 17.5. The molecule has 0 nitrogen and oxygen atoms in total. The van der Waals surface area contributed by atoms with Crippen LogP contribution in [0.1, 0.15) is 117 Å². The van der Waals surface area contributed by atoms with Gasteiger partial charge in [0.15, 0.2) is 0 Å². The van der Waals surface area contributed by atoms with Gasteiger partial charge in [-0.15, -0.1) is 0 Å². The lowest BCUT2D eigenvalue weighted by molar-refractivity contribution is 0.0126. The highest BCUT2D eigenvalue weighted by Gasteiger charge is 2.64. The predicted molar refractivity (Wildman–Crippen MR) is 165 cm³/mol. The first-order valence-corrected chi connectivity index (χ1v) is 21.6. The first kappa shape index (κ1) is 26.5. The zero-order valence-electron chi connectivity index (χ0n) is 25.2. The molecule has 0 spiro atoms. The molecule has 1 saturated heterocycles. The maximum atomic E-state index is 2.97. The topological polar surface area (TPSA) is 0 Å². The van der Waals surface area contributed by atoms with Crippen LogP contribution in [0.15, 0.2) is 0 Å². The number of fused-ring (bicyclic) bond motifs is 5. The fraction of sp³-hybridized carbons (Fsp3) is 1.00. The highest BCUT2D eigenvalue weighted by molar-refractivity contribution is 8.00. The van der Waals surface area contributed by atoms with Crippen molar-refractivity contribution < 1.29 is 0 Å². The Morgan fingerprint density at radius 1 is 0.541 bits per heavy atom. The average Bonchev–Trinajstić information content (AvgIpc) is 3.52. The van der Waals surface area contributed by atoms with E-state index in [0.29, 0.717) is 0 Å². The molecule has 0 amide bonds. The summed E-state index contributed by atoms with van der Waals surface area (Å²) in [6.07, 6.45) is 23.7. The molecule has 0 aromatic rings. The molecule has 210 valence electrons. The molecule has 0 radical (unpaired) electrons. The van der Waals surface area contributed by atoms with Crippen molar-refractivity contribution in [2.24, 2.45) is 65.1 Å². The Morgan fingerprint density at radius 2 is 1.14 bits per heavy atom. The van der Waals surface area contributed by atoms with Gasteiger partial charge in [-0.2, -0.15) is 11.8 Å². The third-order valence-electron chi connectivity index (χ3n) is 15.1. The first-order chi connectivity index (χ1) is 17.9. The van der Waals surface area contributed by atoms with Crippen LogP contribution in [0.2, 0.25) is 24.2 Å². The van der Waals surface area contributed by atoms with Gasteiger partial charge in [0.2, 0.25) is 0 Å². The zero-order chi connectivity index (χ0) is 25.5. The summed E-state index contributed by atoms with van der Waals surface area (Å²) in [6.45, 7) is 14.1. The van der Waals surface area contributed by atoms with Crippen LogP contribution in [0.25, 0.3) is 0 Å². The van der Waals surface area contributed by atoms with Crippen LogP contribution in [-0.4, -0.2) is 18.6 Å². The highest BCUT2D eigenvalue weighted by atomic mass is 32.2. The molecule has 0 aromatic carbocycles. The molecule has 2 heteroatoms. The lowest BCUT2D eigenvalue weighted by Gasteiger charge is -2.51. The van der Waals surface area contributed by atoms with E-state index >= 15 is 0 Å². The van der Waals surface area contributed by atoms with Crippen molar-refractivity contribution in [1.82, 2.24) is 0 Å². The van der Waals surface area contributed by atoms with Crippen LogP contribution in [0.4, 0.5) is 0 Å². The molecule has 6 saturated carbocycles. The van der Waals surface area contributed by atoms with E-state index in [-0.39, 0.29) is 0 Å². The van der Waals surface area contributed by atoms with Crippen LogP contribution in [-0.2, 0) is 0 Å². The van der Waals surface area contributed by atoms with E-state index in [0.717, 1.165) is 86.7 Å². The Kier molecular flexibility index (Phi) is 7.25. The third-order valence-corrected chi connectivity index (χ3v) is 22.4. The van der Waals surface area contributed by atoms with Crippen molar-refractivity contribution in [3.63, 3.8) is 0 Å². The largest absolute Gasteiger partial charge is 0.154 e. The Hall–Kier alpha value is 0.567. The van der Waals surface area contributed by atoms with Crippen molar-refractivity contribution in [3.05, 3.63) is 0 Å². The van der Waals surface area contributed by atoms with E-state index < -0.39 is 8.07 Å². The monoisotopic (exact) mass is 540 g/mol. The summed E-state index contributed by atoms with van der Waals surface area (Å²) in [5.41, 5.74) is 2.23. The molecular formula is C35H60SSi. The highest BCUT2D eigenvalue weighted by Crippen LogP contribution is 2.70. The van der Waals surface area contributed by atoms with Gasteiger partial charge >= 0.3 is 0 Å². The Bertz CT molecular complexity index is 818. The molecule has 7 rings (SSSR count). The summed E-state index contributed by atoms with van der Waals surface area (Å²) in [7, 11) is -1.40. The van der Waals surface area contributed by atoms with E-state index in [1.807, 2.05) is 0 Å². The molecular weight excluding hydrogens is 481 g/mol. The minimum Gasteiger partial charge on any atom is -0.154 e. The van der Waals surface area contributed by atoms with Gasteiger partial charge in [0, 0.05) is 10.5 Å². The zero-order valence-corrected chi connectivity index (χ0v) is 27.0. The summed E-state index contributed by atoms with van der Waals surface area (Å²) in [5.74, 6) is 11.8. The van der Waals surface area contributed by atoms with E-state index in [4.69, 9.17) is 0 Å². The van der Waals surface area contributed by atoms with Gasteiger partial charge in [-0.05, 0) is 115 Å². The number of hydrogen-bond acceptors (Lipinski definition) is 1. The molecule has 15 atom stereocenters. The van der Waals surface area contributed by atoms with Crippen molar-refractivity contribution in [3.8, 4) is 0 Å². The van der Waals surface area contributed by atoms with Crippen molar-refractivity contribution in [1.29, 1.82) is 0 Å². The maximum absolute atomic E-state index is 2.97. The smallest absolute Gasteiger partial charge is 0.0547 e. The third kappa shape index (κ3) is 4.15. The lowest BCUT2D eigenvalue weighted by Crippen LogP contribution is -2.48. The Labute approximate surface area is 236 Å². The van der Waals surface area contributed by atoms with Gasteiger partial charge in [0.25, 0.3) is 0 Å². The molecule has 7 fully saturated rings. The second-order valence-electron chi connectivity index (χ2n) is 16.7. The molecule has 1 aliphatic heterocycles. The summed E-state index contributed by atoms with van der Waals surface area (Å²) < 4.78 is 0. The normalized spacial score (nSPS) is 55.9. The second-order valence-corrected chi connectivity index (χ2v) is 23.1. The summed E-state index contributed by atoms with van der Waals surface area (Å²) in [6, 6.07) is 0. The maximum Gasteiger partial charge on any atom is 0.0547 e. The minimum absolute atomic E-state index is 0.967. The van der Waals surface area contributed by atoms with Gasteiger partial charge in [-0.25, -0.2) is 0 Å². The SMILES string of the molecule is CC1CC2C(C3CCCC4CCCCC43)CCCC2C1[Si](C)(C)C1C(C)C(C)C2SC3CCCCC3C21. The molecule has 0 aromatic heterocycles. The minimum atomic E-state index is -1.40. The van der Waals surface area contributed by atoms with Gasteiger partial charge in [0.1, 0.15) is 0 Å². The van der Waals surface area contributed by atoms with Crippen molar-refractivity contribution in [2.45, 2.75) is 152 Å². The quantitative estimate of drug-likeness (QED) is 0.321. The predicted octanol–water partition coefficient (Wildman–Crippen LogP) is 10.7. The van der Waals surface area contributed by atoms with E-state index in [1.165, 1.54) is 12.8 Å². The van der Waals surface area contributed by atoms with Gasteiger partial charge in [0.05, 0.1) is 8.07 Å². The second kappa shape index (κ2) is 10.1. The van der Waals surface area contributed by atoms with Crippen LogP contribution in [0.5, 0.6) is 0 Å². The number of hydrogen-bond donors (Lipinski definition) is 0. The van der Waals surface area contributed by atoms with Crippen LogP contribution in [0.3, 0.4) is 0 Å². The van der Waals surface area contributed by atoms with E-state index in [2.05, 4.69) is 45.6 Å². The number of rotatable bonds is 3. The fourth-order valence-electron chi connectivity index (χ4n) is 14.1. The van der Waals surface area contributed by atoms with Gasteiger partial charge in [-0.3, -0.25) is 0 Å². The van der Waals surface area contributed by atoms with Gasteiger partial charge in [-0.1, -0.05) is 91.7 Å². The van der Waals surface area contributed by atoms with Crippen molar-refractivity contribution in [2.75, 3.05) is 0 Å². The molecule has 1 heterocycles.